The van der Waals surface area contributed by atoms with Crippen LogP contribution in [0.4, 0.5) is 5.69 Å². The molecule has 5 rings (SSSR count). The van der Waals surface area contributed by atoms with Crippen LogP contribution in [0.2, 0.25) is 0 Å². The van der Waals surface area contributed by atoms with E-state index in [2.05, 4.69) is 51.6 Å². The largest absolute Gasteiger partial charge is 0.454 e. The lowest BCUT2D eigenvalue weighted by molar-refractivity contribution is 0.174. The third-order valence-electron chi connectivity index (χ3n) is 5.78. The molecule has 0 saturated heterocycles. The number of aliphatic imine (C=N–C) groups is 1. The molecule has 1 N–H and O–H groups in total. The van der Waals surface area contributed by atoms with Crippen molar-refractivity contribution in [1.29, 1.82) is 0 Å². The van der Waals surface area contributed by atoms with E-state index in [9.17, 15) is 0 Å². The van der Waals surface area contributed by atoms with Crippen LogP contribution < -0.4 is 19.7 Å². The van der Waals surface area contributed by atoms with E-state index in [-0.39, 0.29) is 29.4 Å². The molecular formula is C21H24IN3O2. The summed E-state index contributed by atoms with van der Waals surface area (Å²) < 4.78 is 11.0. The summed E-state index contributed by atoms with van der Waals surface area (Å²) in [6, 6.07) is 14.9. The summed E-state index contributed by atoms with van der Waals surface area (Å²) >= 11 is 0. The summed E-state index contributed by atoms with van der Waals surface area (Å²) in [6.45, 7) is 2.19. The Balaban J connectivity index is 0.00000180. The number of rotatable bonds is 3. The Bertz CT molecular complexity index is 879. The van der Waals surface area contributed by atoms with Crippen LogP contribution in [0.15, 0.2) is 47.5 Å². The second-order valence-electron chi connectivity index (χ2n) is 7.28. The molecule has 3 aliphatic rings. The first-order valence-electron chi connectivity index (χ1n) is 9.25. The monoisotopic (exact) mass is 477 g/mol. The summed E-state index contributed by atoms with van der Waals surface area (Å²) in [7, 11) is 1.86. The summed E-state index contributed by atoms with van der Waals surface area (Å²) in [4.78, 5) is 6.83. The van der Waals surface area contributed by atoms with Crippen molar-refractivity contribution in [2.75, 3.05) is 31.8 Å². The molecule has 1 saturated carbocycles. The quantitative estimate of drug-likeness (QED) is 0.416. The first-order valence-corrected chi connectivity index (χ1v) is 9.25. The maximum atomic E-state index is 5.55. The number of para-hydroxylation sites is 1. The number of fused-ring (bicyclic) bond motifs is 2. The van der Waals surface area contributed by atoms with Gasteiger partial charge in [-0.25, -0.2) is 0 Å². The van der Waals surface area contributed by atoms with E-state index in [1.54, 1.807) is 0 Å². The molecule has 2 aliphatic heterocycles. The van der Waals surface area contributed by atoms with E-state index < -0.39 is 0 Å². The summed E-state index contributed by atoms with van der Waals surface area (Å²) in [5.41, 5.74) is 4.17. The van der Waals surface area contributed by atoms with Crippen molar-refractivity contribution < 1.29 is 9.47 Å². The zero-order valence-electron chi connectivity index (χ0n) is 15.4. The van der Waals surface area contributed by atoms with E-state index in [0.29, 0.717) is 6.79 Å². The van der Waals surface area contributed by atoms with Crippen molar-refractivity contribution in [3.05, 3.63) is 53.6 Å². The average Bonchev–Trinajstić information content (AvgIpc) is 3.13. The molecule has 142 valence electrons. The highest BCUT2D eigenvalue weighted by Crippen LogP contribution is 2.50. The predicted molar refractivity (Wildman–Crippen MR) is 118 cm³/mol. The van der Waals surface area contributed by atoms with Gasteiger partial charge in [0.05, 0.1) is 0 Å². The molecule has 0 unspecified atom stereocenters. The Morgan fingerprint density at radius 1 is 1.15 bits per heavy atom. The van der Waals surface area contributed by atoms with Gasteiger partial charge in [0.25, 0.3) is 0 Å². The third kappa shape index (κ3) is 3.24. The third-order valence-corrected chi connectivity index (χ3v) is 5.78. The fourth-order valence-electron chi connectivity index (χ4n) is 4.05. The Morgan fingerprint density at radius 2 is 1.96 bits per heavy atom. The van der Waals surface area contributed by atoms with E-state index >= 15 is 0 Å². The number of hydrogen-bond acceptors (Lipinski definition) is 3. The number of halogens is 1. The Morgan fingerprint density at radius 3 is 2.78 bits per heavy atom. The zero-order chi connectivity index (χ0) is 17.6. The van der Waals surface area contributed by atoms with Crippen LogP contribution in [0.5, 0.6) is 11.5 Å². The van der Waals surface area contributed by atoms with Crippen LogP contribution in [0.25, 0.3) is 0 Å². The van der Waals surface area contributed by atoms with Gasteiger partial charge in [0.1, 0.15) is 0 Å². The minimum atomic E-state index is 0. The SMILES string of the molecule is CN=C(NCC1(c2ccc3c(c2)OCO3)CC1)N1CCc2ccccc21.I. The van der Waals surface area contributed by atoms with Crippen LogP contribution in [0.1, 0.15) is 24.0 Å². The summed E-state index contributed by atoms with van der Waals surface area (Å²) in [5.74, 6) is 2.68. The van der Waals surface area contributed by atoms with E-state index in [1.807, 2.05) is 13.1 Å². The maximum Gasteiger partial charge on any atom is 0.231 e. The highest BCUT2D eigenvalue weighted by Gasteiger charge is 2.45. The van der Waals surface area contributed by atoms with E-state index in [4.69, 9.17) is 9.47 Å². The highest BCUT2D eigenvalue weighted by atomic mass is 127. The molecule has 0 atom stereocenters. The fraction of sp³-hybridized carbons (Fsp3) is 0.381. The van der Waals surface area contributed by atoms with Crippen molar-refractivity contribution >= 4 is 35.6 Å². The minimum absolute atomic E-state index is 0. The molecule has 1 fully saturated rings. The molecule has 2 heterocycles. The molecule has 0 amide bonds. The molecule has 0 spiro atoms. The fourth-order valence-corrected chi connectivity index (χ4v) is 4.05. The Kier molecular flexibility index (Phi) is 4.92. The van der Waals surface area contributed by atoms with Gasteiger partial charge in [-0.3, -0.25) is 4.99 Å². The van der Waals surface area contributed by atoms with E-state index in [1.165, 1.54) is 29.7 Å². The number of benzene rings is 2. The van der Waals surface area contributed by atoms with Crippen LogP contribution in [0.3, 0.4) is 0 Å². The molecule has 0 bridgehead atoms. The standard InChI is InChI=1S/C21H23N3O2.HI/c1-22-20(24-11-8-15-4-2-3-5-17(15)24)23-13-21(9-10-21)16-6-7-18-19(12-16)26-14-25-18;/h2-7,12H,8-11,13-14H2,1H3,(H,22,23);1H. The topological polar surface area (TPSA) is 46.1 Å². The number of anilines is 1. The predicted octanol–water partition coefficient (Wildman–Crippen LogP) is 3.70. The zero-order valence-corrected chi connectivity index (χ0v) is 17.7. The van der Waals surface area contributed by atoms with Gasteiger partial charge in [0, 0.05) is 31.2 Å². The van der Waals surface area contributed by atoms with Gasteiger partial charge < -0.3 is 19.7 Å². The number of guanidine groups is 1. The van der Waals surface area contributed by atoms with Crippen molar-refractivity contribution in [1.82, 2.24) is 5.32 Å². The van der Waals surface area contributed by atoms with Crippen molar-refractivity contribution in [2.24, 2.45) is 4.99 Å². The van der Waals surface area contributed by atoms with Gasteiger partial charge in [-0.05, 0) is 48.6 Å². The van der Waals surface area contributed by atoms with Crippen molar-refractivity contribution in [3.63, 3.8) is 0 Å². The van der Waals surface area contributed by atoms with Gasteiger partial charge >= 0.3 is 0 Å². The number of nitrogens with one attached hydrogen (secondary N) is 1. The van der Waals surface area contributed by atoms with Crippen molar-refractivity contribution in [3.8, 4) is 11.5 Å². The van der Waals surface area contributed by atoms with Crippen LogP contribution in [0, 0.1) is 0 Å². The first-order chi connectivity index (χ1) is 12.8. The normalized spacial score (nSPS) is 18.7. The lowest BCUT2D eigenvalue weighted by atomic mass is 9.95. The van der Waals surface area contributed by atoms with Crippen LogP contribution in [-0.4, -0.2) is 32.9 Å². The van der Waals surface area contributed by atoms with Gasteiger partial charge in [-0.2, -0.15) is 0 Å². The van der Waals surface area contributed by atoms with Gasteiger partial charge in [-0.1, -0.05) is 24.3 Å². The lowest BCUT2D eigenvalue weighted by Crippen LogP contribution is -2.43. The number of nitrogens with zero attached hydrogens (tertiary/aromatic N) is 2. The first kappa shape index (κ1) is 18.4. The summed E-state index contributed by atoms with van der Waals surface area (Å²) in [6.07, 6.45) is 3.45. The minimum Gasteiger partial charge on any atom is -0.454 e. The molecule has 2 aromatic carbocycles. The average molecular weight is 477 g/mol. The molecule has 0 radical (unpaired) electrons. The molecule has 6 heteroatoms. The molecule has 2 aromatic rings. The Hall–Kier alpha value is -1.96. The second kappa shape index (κ2) is 7.22. The summed E-state index contributed by atoms with van der Waals surface area (Å²) in [5, 5.41) is 3.63. The van der Waals surface area contributed by atoms with Gasteiger partial charge in [-0.15, -0.1) is 24.0 Å². The lowest BCUT2D eigenvalue weighted by Gasteiger charge is -2.25. The second-order valence-corrected chi connectivity index (χ2v) is 7.28. The highest BCUT2D eigenvalue weighted by molar-refractivity contribution is 14.0. The smallest absolute Gasteiger partial charge is 0.231 e. The number of hydrogen-bond donors (Lipinski definition) is 1. The molecule has 5 nitrogen and oxygen atoms in total. The molecule has 27 heavy (non-hydrogen) atoms. The van der Waals surface area contributed by atoms with Gasteiger partial charge in [0.2, 0.25) is 6.79 Å². The maximum absolute atomic E-state index is 5.55. The van der Waals surface area contributed by atoms with Gasteiger partial charge in [0.15, 0.2) is 17.5 Å². The van der Waals surface area contributed by atoms with E-state index in [0.717, 1.165) is 37.0 Å². The van der Waals surface area contributed by atoms with Crippen molar-refractivity contribution in [2.45, 2.75) is 24.7 Å². The molecular weight excluding hydrogens is 453 g/mol. The van der Waals surface area contributed by atoms with Crippen LogP contribution in [-0.2, 0) is 11.8 Å². The molecule has 1 aliphatic carbocycles. The van der Waals surface area contributed by atoms with Crippen LogP contribution >= 0.6 is 24.0 Å². The molecule has 0 aromatic heterocycles. The Labute approximate surface area is 176 Å². The number of ether oxygens (including phenoxy) is 2.